The van der Waals surface area contributed by atoms with Crippen LogP contribution >= 0.6 is 11.8 Å². The van der Waals surface area contributed by atoms with Gasteiger partial charge in [0.15, 0.2) is 0 Å². The minimum atomic E-state index is -0.386. The van der Waals surface area contributed by atoms with Gasteiger partial charge in [0.05, 0.1) is 40.1 Å². The molecule has 0 unspecified atom stereocenters. The van der Waals surface area contributed by atoms with Crippen LogP contribution in [0.25, 0.3) is 16.6 Å². The van der Waals surface area contributed by atoms with Crippen molar-refractivity contribution in [3.63, 3.8) is 0 Å². The normalized spacial score (nSPS) is 15.0. The molecule has 4 aromatic rings. The molecule has 0 atom stereocenters. The van der Waals surface area contributed by atoms with Gasteiger partial charge in [-0.25, -0.2) is 8.91 Å². The molecule has 0 aliphatic carbocycles. The lowest BCUT2D eigenvalue weighted by Crippen LogP contribution is -2.32. The van der Waals surface area contributed by atoms with E-state index in [2.05, 4.69) is 46.4 Å². The van der Waals surface area contributed by atoms with Crippen LogP contribution in [0.5, 0.6) is 0 Å². The van der Waals surface area contributed by atoms with Crippen molar-refractivity contribution in [2.24, 2.45) is 4.99 Å². The van der Waals surface area contributed by atoms with E-state index in [1.54, 1.807) is 16.6 Å². The van der Waals surface area contributed by atoms with E-state index in [1.807, 2.05) is 18.5 Å². The van der Waals surface area contributed by atoms with E-state index in [-0.39, 0.29) is 5.82 Å². The molecule has 1 saturated heterocycles. The van der Waals surface area contributed by atoms with Crippen molar-refractivity contribution < 1.29 is 4.39 Å². The second kappa shape index (κ2) is 9.05. The number of rotatable bonds is 5. The zero-order valence-corrected chi connectivity index (χ0v) is 19.9. The van der Waals surface area contributed by atoms with Crippen molar-refractivity contribution in [3.8, 4) is 17.2 Å². The van der Waals surface area contributed by atoms with Crippen molar-refractivity contribution in [3.05, 3.63) is 59.9 Å². The third-order valence-corrected chi connectivity index (χ3v) is 7.55. The summed E-state index contributed by atoms with van der Waals surface area (Å²) in [6, 6.07) is 9.27. The van der Waals surface area contributed by atoms with Gasteiger partial charge >= 0.3 is 0 Å². The molecule has 4 heterocycles. The number of fused-ring (bicyclic) bond motifs is 1. The van der Waals surface area contributed by atoms with Gasteiger partial charge in [0.1, 0.15) is 11.9 Å². The summed E-state index contributed by atoms with van der Waals surface area (Å²) in [5.41, 5.74) is 4.50. The van der Waals surface area contributed by atoms with E-state index in [9.17, 15) is 9.65 Å². The number of halogens is 1. The summed E-state index contributed by atoms with van der Waals surface area (Å²) in [7, 11) is 2.15. The highest BCUT2D eigenvalue weighted by Gasteiger charge is 2.23. The highest BCUT2D eigenvalue weighted by molar-refractivity contribution is 7.99. The van der Waals surface area contributed by atoms with Crippen molar-refractivity contribution in [2.45, 2.75) is 35.6 Å². The number of aliphatic imine (C=N–C) groups is 1. The van der Waals surface area contributed by atoms with Crippen LogP contribution in [0.4, 0.5) is 10.1 Å². The fourth-order valence-electron chi connectivity index (χ4n) is 4.54. The standard InChI is InChI=1S/C25H24FN7S/c1-16-20(14-30-33(16)19-7-9-31(3)10-8-19)17-11-23(24-18(12-27)13-29-32(24)15-17)34-25-21(26)5-4-6-22(25)28-2/h4-6,11,13-15,19H,2,7-10H2,1,3H3. The van der Waals surface area contributed by atoms with Crippen LogP contribution in [0, 0.1) is 24.1 Å². The quantitative estimate of drug-likeness (QED) is 0.369. The maximum atomic E-state index is 14.7. The van der Waals surface area contributed by atoms with E-state index >= 15 is 0 Å². The SMILES string of the molecule is C=Nc1cccc(F)c1Sc1cc(-c2cnn(C3CCN(C)CC3)c2C)cn2ncc(C#N)c12. The third kappa shape index (κ3) is 3.89. The Hall–Kier alpha value is -3.48. The van der Waals surface area contributed by atoms with Gasteiger partial charge in [0, 0.05) is 27.9 Å². The first-order chi connectivity index (χ1) is 16.5. The topological polar surface area (TPSA) is 74.5 Å². The van der Waals surface area contributed by atoms with E-state index in [1.165, 1.54) is 24.0 Å². The molecular weight excluding hydrogens is 449 g/mol. The summed E-state index contributed by atoms with van der Waals surface area (Å²) in [5, 5.41) is 18.8. The molecule has 0 spiro atoms. The molecule has 7 nitrogen and oxygen atoms in total. The maximum absolute atomic E-state index is 14.7. The molecule has 0 radical (unpaired) electrons. The lowest BCUT2D eigenvalue weighted by molar-refractivity contribution is 0.210. The molecule has 1 aromatic carbocycles. The second-order valence-electron chi connectivity index (χ2n) is 8.53. The van der Waals surface area contributed by atoms with Crippen LogP contribution < -0.4 is 0 Å². The number of nitrogens with zero attached hydrogens (tertiary/aromatic N) is 7. The molecule has 1 aliphatic rings. The van der Waals surface area contributed by atoms with E-state index in [0.29, 0.717) is 32.6 Å². The molecule has 34 heavy (non-hydrogen) atoms. The van der Waals surface area contributed by atoms with E-state index in [0.717, 1.165) is 42.8 Å². The Morgan fingerprint density at radius 3 is 2.76 bits per heavy atom. The van der Waals surface area contributed by atoms with Gasteiger partial charge in [-0.1, -0.05) is 17.8 Å². The molecule has 1 aliphatic heterocycles. The van der Waals surface area contributed by atoms with Crippen LogP contribution in [-0.2, 0) is 0 Å². The zero-order valence-electron chi connectivity index (χ0n) is 19.1. The average molecular weight is 474 g/mol. The first-order valence-corrected chi connectivity index (χ1v) is 11.9. The first-order valence-electron chi connectivity index (χ1n) is 11.1. The fraction of sp³-hybridized carbons (Fsp3) is 0.280. The first kappa shape index (κ1) is 22.3. The summed E-state index contributed by atoms with van der Waals surface area (Å²) in [6.45, 7) is 7.76. The fourth-order valence-corrected chi connectivity index (χ4v) is 5.65. The van der Waals surface area contributed by atoms with E-state index < -0.39 is 0 Å². The van der Waals surface area contributed by atoms with Crippen LogP contribution in [0.15, 0.2) is 57.6 Å². The van der Waals surface area contributed by atoms with Gasteiger partial charge < -0.3 is 4.90 Å². The molecule has 172 valence electrons. The highest BCUT2D eigenvalue weighted by atomic mass is 32.2. The number of nitriles is 1. The Morgan fingerprint density at radius 1 is 1.24 bits per heavy atom. The largest absolute Gasteiger partial charge is 0.306 e. The molecule has 9 heteroatoms. The summed E-state index contributed by atoms with van der Waals surface area (Å²) in [4.78, 5) is 7.40. The smallest absolute Gasteiger partial charge is 0.139 e. The molecule has 0 saturated carbocycles. The van der Waals surface area contributed by atoms with Crippen molar-refractivity contribution in [2.75, 3.05) is 20.1 Å². The van der Waals surface area contributed by atoms with Gasteiger partial charge in [0.2, 0.25) is 0 Å². The zero-order chi connectivity index (χ0) is 23.8. The number of hydrogen-bond donors (Lipinski definition) is 0. The third-order valence-electron chi connectivity index (χ3n) is 6.42. The Labute approximate surface area is 201 Å². The van der Waals surface area contributed by atoms with Crippen molar-refractivity contribution in [1.82, 2.24) is 24.3 Å². The minimum Gasteiger partial charge on any atom is -0.306 e. The summed E-state index contributed by atoms with van der Waals surface area (Å²) >= 11 is 1.23. The van der Waals surface area contributed by atoms with Crippen LogP contribution in [0.1, 0.15) is 30.1 Å². The Balaban J connectivity index is 1.61. The second-order valence-corrected chi connectivity index (χ2v) is 9.58. The van der Waals surface area contributed by atoms with E-state index in [4.69, 9.17) is 5.10 Å². The van der Waals surface area contributed by atoms with Gasteiger partial charge in [-0.15, -0.1) is 0 Å². The number of piperidine rings is 1. The predicted octanol–water partition coefficient (Wildman–Crippen LogP) is 5.27. The number of aromatic nitrogens is 4. The molecule has 5 rings (SSSR count). The van der Waals surface area contributed by atoms with Gasteiger partial charge in [-0.2, -0.15) is 15.5 Å². The predicted molar refractivity (Wildman–Crippen MR) is 131 cm³/mol. The molecule has 0 N–H and O–H groups in total. The van der Waals surface area contributed by atoms with Crippen LogP contribution in [-0.4, -0.2) is 51.1 Å². The molecule has 0 amide bonds. The Morgan fingerprint density at radius 2 is 2.03 bits per heavy atom. The maximum Gasteiger partial charge on any atom is 0.139 e. The lowest BCUT2D eigenvalue weighted by atomic mass is 10.0. The monoisotopic (exact) mass is 473 g/mol. The van der Waals surface area contributed by atoms with Gasteiger partial charge in [-0.05, 0) is 64.8 Å². The number of benzene rings is 1. The number of likely N-dealkylation sites (tertiary alicyclic amines) is 1. The minimum absolute atomic E-state index is 0.361. The van der Waals surface area contributed by atoms with Gasteiger partial charge in [-0.3, -0.25) is 9.67 Å². The molecular formula is C25H24FN7S. The average Bonchev–Trinajstić information content (AvgIpc) is 3.44. The molecule has 1 fully saturated rings. The number of hydrogen-bond acceptors (Lipinski definition) is 6. The van der Waals surface area contributed by atoms with Crippen molar-refractivity contribution >= 4 is 29.7 Å². The molecule has 3 aromatic heterocycles. The molecule has 0 bridgehead atoms. The Kier molecular flexibility index (Phi) is 5.94. The van der Waals surface area contributed by atoms with Gasteiger partial charge in [0.25, 0.3) is 0 Å². The highest BCUT2D eigenvalue weighted by Crippen LogP contribution is 2.41. The Bertz CT molecular complexity index is 1420. The van der Waals surface area contributed by atoms with Crippen LogP contribution in [0.2, 0.25) is 0 Å². The summed E-state index contributed by atoms with van der Waals surface area (Å²) in [6.07, 6.45) is 7.45. The lowest BCUT2D eigenvalue weighted by Gasteiger charge is -2.29. The van der Waals surface area contributed by atoms with Crippen LogP contribution in [0.3, 0.4) is 0 Å². The summed E-state index contributed by atoms with van der Waals surface area (Å²) < 4.78 is 18.6. The van der Waals surface area contributed by atoms with Crippen molar-refractivity contribution in [1.29, 1.82) is 5.26 Å². The number of pyridine rings is 1. The summed E-state index contributed by atoms with van der Waals surface area (Å²) in [5.74, 6) is -0.386.